The summed E-state index contributed by atoms with van der Waals surface area (Å²) < 4.78 is 10.9. The molecule has 0 aliphatic rings. The molecule has 0 unspecified atom stereocenters. The van der Waals surface area contributed by atoms with Gasteiger partial charge in [0.25, 0.3) is 0 Å². The molecule has 0 saturated carbocycles. The maximum absolute atomic E-state index is 6.13. The Labute approximate surface area is 362 Å². The zero-order valence-electron chi connectivity index (χ0n) is 34.0. The van der Waals surface area contributed by atoms with Gasteiger partial charge in [0.1, 0.15) is 11.1 Å². The van der Waals surface area contributed by atoms with Gasteiger partial charge in [0.05, 0.1) is 39.1 Å². The first-order valence-electron chi connectivity index (χ1n) is 21.3. The van der Waals surface area contributed by atoms with Gasteiger partial charge in [-0.15, -0.1) is 0 Å². The molecule has 63 heavy (non-hydrogen) atoms. The van der Waals surface area contributed by atoms with E-state index in [0.29, 0.717) is 0 Å². The fourth-order valence-corrected chi connectivity index (χ4v) is 9.62. The highest BCUT2D eigenvalue weighted by atomic mass is 16.3. The number of furan rings is 1. The number of hydrogen-bond donors (Lipinski definition) is 0. The molecule has 13 rings (SSSR count). The van der Waals surface area contributed by atoms with Crippen LogP contribution in [-0.4, -0.2) is 19.1 Å². The van der Waals surface area contributed by atoms with Crippen molar-refractivity contribution in [1.29, 1.82) is 0 Å². The highest BCUT2D eigenvalue weighted by molar-refractivity contribution is 6.12. The molecule has 8 aromatic carbocycles. The molecular weight excluding hydrogens is 769 g/mol. The summed E-state index contributed by atoms with van der Waals surface area (Å²) >= 11 is 0. The quantitative estimate of drug-likeness (QED) is 0.168. The van der Waals surface area contributed by atoms with E-state index in [1.165, 1.54) is 32.7 Å². The Morgan fingerprint density at radius 1 is 0.317 bits per heavy atom. The number of nitrogens with zero attached hydrogens (tertiary/aromatic N) is 4. The third kappa shape index (κ3) is 5.71. The molecule has 0 bridgehead atoms. The second-order valence-corrected chi connectivity index (χ2v) is 16.2. The van der Waals surface area contributed by atoms with Crippen LogP contribution in [0.2, 0.25) is 0 Å². The monoisotopic (exact) mass is 804 g/mol. The SMILES string of the molecule is c1ccc(-c2cc(-n3c4ccccc4c4ccc(-c5cccc(-c6ccc7c(c6)c6ccccc6n7-c6ccc7oc8cccnc8c7c6)c5)cc43)cc(-c3ccccc3)n2)cc1. The average Bonchev–Trinajstić information content (AvgIpc) is 4.01. The predicted molar refractivity (Wildman–Crippen MR) is 260 cm³/mol. The van der Waals surface area contributed by atoms with Crippen molar-refractivity contribution in [2.75, 3.05) is 0 Å². The number of hydrogen-bond acceptors (Lipinski definition) is 3. The Hall–Kier alpha value is -8.54. The predicted octanol–water partition coefficient (Wildman–Crippen LogP) is 15.2. The average molecular weight is 805 g/mol. The van der Waals surface area contributed by atoms with Crippen molar-refractivity contribution >= 4 is 65.7 Å². The lowest BCUT2D eigenvalue weighted by molar-refractivity contribution is 0.668. The Morgan fingerprint density at radius 3 is 1.62 bits per heavy atom. The Morgan fingerprint density at radius 2 is 0.889 bits per heavy atom. The molecule has 5 heteroatoms. The van der Waals surface area contributed by atoms with Gasteiger partial charge < -0.3 is 13.6 Å². The minimum Gasteiger partial charge on any atom is -0.454 e. The van der Waals surface area contributed by atoms with Crippen molar-refractivity contribution in [1.82, 2.24) is 19.1 Å². The van der Waals surface area contributed by atoms with E-state index >= 15 is 0 Å². The third-order valence-electron chi connectivity index (χ3n) is 12.6. The van der Waals surface area contributed by atoms with E-state index < -0.39 is 0 Å². The van der Waals surface area contributed by atoms with Gasteiger partial charge in [-0.2, -0.15) is 0 Å². The molecule has 0 N–H and O–H groups in total. The van der Waals surface area contributed by atoms with Crippen LogP contribution in [0.1, 0.15) is 0 Å². The van der Waals surface area contributed by atoms with E-state index in [4.69, 9.17) is 9.40 Å². The van der Waals surface area contributed by atoms with Crippen molar-refractivity contribution in [3.8, 4) is 56.1 Å². The van der Waals surface area contributed by atoms with Crippen LogP contribution in [0.25, 0.3) is 122 Å². The van der Waals surface area contributed by atoms with Crippen molar-refractivity contribution < 1.29 is 4.42 Å². The van der Waals surface area contributed by atoms with Gasteiger partial charge in [-0.05, 0) is 101 Å². The normalized spacial score (nSPS) is 11.8. The van der Waals surface area contributed by atoms with Crippen molar-refractivity contribution in [2.24, 2.45) is 0 Å². The van der Waals surface area contributed by atoms with Crippen LogP contribution in [0.5, 0.6) is 0 Å². The van der Waals surface area contributed by atoms with Gasteiger partial charge in [0.15, 0.2) is 5.58 Å². The van der Waals surface area contributed by atoms with Crippen LogP contribution in [-0.2, 0) is 0 Å². The fourth-order valence-electron chi connectivity index (χ4n) is 9.62. The van der Waals surface area contributed by atoms with Crippen LogP contribution >= 0.6 is 0 Å². The van der Waals surface area contributed by atoms with E-state index in [-0.39, 0.29) is 0 Å². The molecule has 0 radical (unpaired) electrons. The van der Waals surface area contributed by atoms with Crippen LogP contribution in [0, 0.1) is 0 Å². The first-order valence-corrected chi connectivity index (χ1v) is 21.3. The van der Waals surface area contributed by atoms with Crippen LogP contribution in [0.3, 0.4) is 0 Å². The molecule has 0 fully saturated rings. The van der Waals surface area contributed by atoms with E-state index in [2.05, 4.69) is 214 Å². The van der Waals surface area contributed by atoms with Crippen molar-refractivity contribution in [3.05, 3.63) is 219 Å². The van der Waals surface area contributed by atoms with Crippen LogP contribution in [0.15, 0.2) is 223 Å². The molecule has 5 aromatic heterocycles. The second kappa shape index (κ2) is 14.0. The summed E-state index contributed by atoms with van der Waals surface area (Å²) in [5.41, 5.74) is 18.0. The molecule has 0 spiro atoms. The molecule has 0 aliphatic carbocycles. The largest absolute Gasteiger partial charge is 0.454 e. The van der Waals surface area contributed by atoms with Gasteiger partial charge >= 0.3 is 0 Å². The molecule has 5 nitrogen and oxygen atoms in total. The topological polar surface area (TPSA) is 48.8 Å². The number of benzene rings is 8. The van der Waals surface area contributed by atoms with Gasteiger partial charge in [0, 0.05) is 49.9 Å². The van der Waals surface area contributed by atoms with E-state index in [9.17, 15) is 0 Å². The lowest BCUT2D eigenvalue weighted by Gasteiger charge is -2.14. The van der Waals surface area contributed by atoms with Crippen LogP contribution in [0.4, 0.5) is 0 Å². The first kappa shape index (κ1) is 35.2. The second-order valence-electron chi connectivity index (χ2n) is 16.2. The van der Waals surface area contributed by atoms with E-state index in [0.717, 1.165) is 89.2 Å². The zero-order chi connectivity index (χ0) is 41.4. The third-order valence-corrected chi connectivity index (χ3v) is 12.6. The standard InChI is InChI=1S/C58H36N4O/c1-3-13-37(14-4-1)50-35-44(36-51(60-50)38-15-5-2-6-16-38)62-52-21-9-7-19-45(52)47-27-24-42(33-55(47)62)40-18-11-17-39(31-40)41-25-28-54-48(32-41)46-20-8-10-22-53(46)61(54)43-26-29-56-49(34-43)58-57(63-56)23-12-30-59-58/h1-36H. The summed E-state index contributed by atoms with van der Waals surface area (Å²) in [5, 5.41) is 5.85. The maximum atomic E-state index is 6.13. The molecule has 0 amide bonds. The van der Waals surface area contributed by atoms with Crippen LogP contribution < -0.4 is 0 Å². The van der Waals surface area contributed by atoms with E-state index in [1.807, 2.05) is 18.3 Å². The highest BCUT2D eigenvalue weighted by Gasteiger charge is 2.18. The number of aromatic nitrogens is 4. The number of pyridine rings is 2. The van der Waals surface area contributed by atoms with Crippen molar-refractivity contribution in [3.63, 3.8) is 0 Å². The number of para-hydroxylation sites is 2. The van der Waals surface area contributed by atoms with Gasteiger partial charge in [-0.25, -0.2) is 4.98 Å². The fraction of sp³-hybridized carbons (Fsp3) is 0. The lowest BCUT2D eigenvalue weighted by Crippen LogP contribution is -1.98. The lowest BCUT2D eigenvalue weighted by atomic mass is 9.97. The number of rotatable bonds is 6. The zero-order valence-corrected chi connectivity index (χ0v) is 34.0. The highest BCUT2D eigenvalue weighted by Crippen LogP contribution is 2.40. The summed E-state index contributed by atoms with van der Waals surface area (Å²) in [6.07, 6.45) is 1.82. The summed E-state index contributed by atoms with van der Waals surface area (Å²) in [5.74, 6) is 0. The Kier molecular flexibility index (Phi) is 7.84. The van der Waals surface area contributed by atoms with Gasteiger partial charge in [0.2, 0.25) is 0 Å². The van der Waals surface area contributed by atoms with Gasteiger partial charge in [-0.3, -0.25) is 4.98 Å². The summed E-state index contributed by atoms with van der Waals surface area (Å²) in [6.45, 7) is 0. The molecule has 294 valence electrons. The molecule has 0 aliphatic heterocycles. The molecule has 5 heterocycles. The van der Waals surface area contributed by atoms with E-state index in [1.54, 1.807) is 0 Å². The molecular formula is C58H36N4O. The molecule has 0 atom stereocenters. The molecule has 0 saturated heterocycles. The number of fused-ring (bicyclic) bond motifs is 9. The smallest absolute Gasteiger partial charge is 0.153 e. The minimum absolute atomic E-state index is 0.796. The summed E-state index contributed by atoms with van der Waals surface area (Å²) in [4.78, 5) is 9.85. The van der Waals surface area contributed by atoms with Gasteiger partial charge in [-0.1, -0.05) is 133 Å². The minimum atomic E-state index is 0.796. The maximum Gasteiger partial charge on any atom is 0.153 e. The van der Waals surface area contributed by atoms with Crippen molar-refractivity contribution in [2.45, 2.75) is 0 Å². The Balaban J connectivity index is 0.942. The Bertz CT molecular complexity index is 3860. The molecule has 13 aromatic rings. The summed E-state index contributed by atoms with van der Waals surface area (Å²) in [7, 11) is 0. The summed E-state index contributed by atoms with van der Waals surface area (Å²) in [6, 6.07) is 75.8. The first-order chi connectivity index (χ1) is 31.2.